The fraction of sp³-hybridized carbons (Fsp3) is 0.529. The first-order chi connectivity index (χ1) is 11.0. The van der Waals surface area contributed by atoms with E-state index in [0.717, 1.165) is 25.3 Å². The van der Waals surface area contributed by atoms with Gasteiger partial charge in [-0.2, -0.15) is 11.8 Å². The maximum atomic E-state index is 12.5. The fourth-order valence-corrected chi connectivity index (χ4v) is 2.93. The second kappa shape index (κ2) is 10.3. The molecule has 0 saturated heterocycles. The number of likely N-dealkylation sites (N-methyl/N-ethyl adjacent to an activating group) is 1. The number of carbonyl (C=O) groups is 2. The minimum atomic E-state index is -0.515. The zero-order valence-electron chi connectivity index (χ0n) is 14.1. The molecule has 0 bridgehead atoms. The Kier molecular flexibility index (Phi) is 8.73. The zero-order chi connectivity index (χ0) is 17.2. The van der Waals surface area contributed by atoms with Gasteiger partial charge in [0.25, 0.3) is 0 Å². The molecule has 2 N–H and O–H groups in total. The van der Waals surface area contributed by atoms with Gasteiger partial charge in [0.15, 0.2) is 0 Å². The molecule has 0 spiro atoms. The molecule has 23 heavy (non-hydrogen) atoms. The lowest BCUT2D eigenvalue weighted by Crippen LogP contribution is -2.42. The number of hydrogen-bond donors (Lipinski definition) is 1. The summed E-state index contributed by atoms with van der Waals surface area (Å²) in [5.74, 6) is 0.134. The molecule has 1 aromatic rings. The first kappa shape index (κ1) is 19.5. The Balaban J connectivity index is 2.77. The zero-order valence-corrected chi connectivity index (χ0v) is 14.9. The lowest BCUT2D eigenvalue weighted by atomic mass is 10.1. The molecule has 0 saturated carbocycles. The molecular weight excluding hydrogens is 312 g/mol. The largest absolute Gasteiger partial charge is 0.460 e. The van der Waals surface area contributed by atoms with Crippen LogP contribution in [0.4, 0.5) is 0 Å². The number of nitrogens with zero attached hydrogens (tertiary/aromatic N) is 1. The van der Waals surface area contributed by atoms with E-state index in [1.165, 1.54) is 0 Å². The first-order valence-corrected chi connectivity index (χ1v) is 9.21. The summed E-state index contributed by atoms with van der Waals surface area (Å²) in [4.78, 5) is 26.0. The molecule has 5 nitrogen and oxygen atoms in total. The summed E-state index contributed by atoms with van der Waals surface area (Å²) < 4.78 is 5.47. The van der Waals surface area contributed by atoms with Gasteiger partial charge in [-0.3, -0.25) is 14.5 Å². The van der Waals surface area contributed by atoms with Gasteiger partial charge in [-0.25, -0.2) is 0 Å². The van der Waals surface area contributed by atoms with E-state index < -0.39 is 5.91 Å². The summed E-state index contributed by atoms with van der Waals surface area (Å²) in [6.45, 7) is 5.72. The third kappa shape index (κ3) is 5.88. The quantitative estimate of drug-likeness (QED) is 0.663. The summed E-state index contributed by atoms with van der Waals surface area (Å²) in [6.07, 6.45) is 2.77. The van der Waals surface area contributed by atoms with Crippen molar-refractivity contribution in [3.05, 3.63) is 35.4 Å². The number of carbonyl (C=O) groups excluding carboxylic acids is 2. The number of primary amides is 1. The molecule has 0 aliphatic heterocycles. The van der Waals surface area contributed by atoms with Gasteiger partial charge in [-0.15, -0.1) is 0 Å². The summed E-state index contributed by atoms with van der Waals surface area (Å²) in [7, 11) is 0. The molecule has 1 atom stereocenters. The van der Waals surface area contributed by atoms with Crippen LogP contribution in [0.5, 0.6) is 0 Å². The van der Waals surface area contributed by atoms with Crippen molar-refractivity contribution >= 4 is 23.6 Å². The molecule has 1 aromatic carbocycles. The van der Waals surface area contributed by atoms with Crippen LogP contribution >= 0.6 is 11.8 Å². The number of hydrogen-bond acceptors (Lipinski definition) is 5. The van der Waals surface area contributed by atoms with Crippen molar-refractivity contribution in [2.75, 3.05) is 25.1 Å². The van der Waals surface area contributed by atoms with Crippen molar-refractivity contribution in [2.24, 2.45) is 5.73 Å². The Hall–Kier alpha value is -1.53. The monoisotopic (exact) mass is 338 g/mol. The number of thioether (sulfide) groups is 1. The summed E-state index contributed by atoms with van der Waals surface area (Å²) in [6, 6.07) is 6.68. The van der Waals surface area contributed by atoms with E-state index in [1.54, 1.807) is 36.0 Å². The second-order valence-corrected chi connectivity index (χ2v) is 6.13. The SMILES string of the molecule is CCN(CC)C(CCSC)C(=O)OCc1ccccc1C(N)=O. The minimum Gasteiger partial charge on any atom is -0.460 e. The number of nitrogens with two attached hydrogens (primary N) is 1. The highest BCUT2D eigenvalue weighted by Gasteiger charge is 2.25. The second-order valence-electron chi connectivity index (χ2n) is 5.15. The van der Waals surface area contributed by atoms with Gasteiger partial charge in [0, 0.05) is 11.1 Å². The van der Waals surface area contributed by atoms with E-state index >= 15 is 0 Å². The third-order valence-corrected chi connectivity index (χ3v) is 4.42. The molecule has 0 aromatic heterocycles. The molecule has 1 unspecified atom stereocenters. The van der Waals surface area contributed by atoms with Crippen molar-refractivity contribution in [3.8, 4) is 0 Å². The number of ether oxygens (including phenoxy) is 1. The third-order valence-electron chi connectivity index (χ3n) is 3.77. The summed E-state index contributed by atoms with van der Waals surface area (Å²) in [5, 5.41) is 0. The lowest BCUT2D eigenvalue weighted by molar-refractivity contribution is -0.151. The molecular formula is C17H26N2O3S. The van der Waals surface area contributed by atoms with Crippen LogP contribution in [0.15, 0.2) is 24.3 Å². The van der Waals surface area contributed by atoms with E-state index in [1.807, 2.05) is 20.1 Å². The molecule has 1 amide bonds. The van der Waals surface area contributed by atoms with Gasteiger partial charge in [0.05, 0.1) is 0 Å². The standard InChI is InChI=1S/C17H26N2O3S/c1-4-19(5-2)15(10-11-23-3)17(21)22-12-13-8-6-7-9-14(13)16(18)20/h6-9,15H,4-5,10-12H2,1-3H3,(H2,18,20). The number of amides is 1. The van der Waals surface area contributed by atoms with Gasteiger partial charge >= 0.3 is 5.97 Å². The molecule has 0 fully saturated rings. The topological polar surface area (TPSA) is 72.6 Å². The predicted octanol–water partition coefficient (Wildman–Crippen LogP) is 2.29. The highest BCUT2D eigenvalue weighted by molar-refractivity contribution is 7.98. The summed E-state index contributed by atoms with van der Waals surface area (Å²) in [5.41, 5.74) is 6.38. The Morgan fingerprint density at radius 2 is 1.91 bits per heavy atom. The van der Waals surface area contributed by atoms with Crippen molar-refractivity contribution < 1.29 is 14.3 Å². The normalized spacial score (nSPS) is 12.2. The van der Waals surface area contributed by atoms with E-state index in [2.05, 4.69) is 4.90 Å². The Labute approximate surface area is 142 Å². The Morgan fingerprint density at radius 3 is 2.48 bits per heavy atom. The van der Waals surface area contributed by atoms with Crippen LogP contribution < -0.4 is 5.73 Å². The molecule has 6 heteroatoms. The van der Waals surface area contributed by atoms with E-state index in [9.17, 15) is 9.59 Å². The van der Waals surface area contributed by atoms with Gasteiger partial charge in [0.1, 0.15) is 12.6 Å². The van der Waals surface area contributed by atoms with Crippen LogP contribution in [0.1, 0.15) is 36.2 Å². The van der Waals surface area contributed by atoms with Gasteiger partial charge in [-0.05, 0) is 37.6 Å². The first-order valence-electron chi connectivity index (χ1n) is 7.82. The molecule has 0 aliphatic carbocycles. The molecule has 1 rings (SSSR count). The Bertz CT molecular complexity index is 518. The highest BCUT2D eigenvalue weighted by atomic mass is 32.2. The fourth-order valence-electron chi connectivity index (χ4n) is 2.47. The molecule has 0 heterocycles. The maximum absolute atomic E-state index is 12.5. The molecule has 0 radical (unpaired) electrons. The smallest absolute Gasteiger partial charge is 0.323 e. The molecule has 0 aliphatic rings. The van der Waals surface area contributed by atoms with Crippen LogP contribution in [0, 0.1) is 0 Å². The minimum absolute atomic E-state index is 0.0645. The van der Waals surface area contributed by atoms with Crippen LogP contribution in [0.2, 0.25) is 0 Å². The van der Waals surface area contributed by atoms with Crippen LogP contribution in [-0.4, -0.2) is 47.9 Å². The average Bonchev–Trinajstić information content (AvgIpc) is 2.56. The molecule has 128 valence electrons. The van der Waals surface area contributed by atoms with Crippen LogP contribution in [0.3, 0.4) is 0 Å². The van der Waals surface area contributed by atoms with Crippen LogP contribution in [-0.2, 0) is 16.1 Å². The van der Waals surface area contributed by atoms with E-state index in [4.69, 9.17) is 10.5 Å². The van der Waals surface area contributed by atoms with Crippen molar-refractivity contribution in [1.82, 2.24) is 4.90 Å². The van der Waals surface area contributed by atoms with Crippen molar-refractivity contribution in [3.63, 3.8) is 0 Å². The van der Waals surface area contributed by atoms with E-state index in [0.29, 0.717) is 11.1 Å². The average molecular weight is 338 g/mol. The van der Waals surface area contributed by atoms with Crippen molar-refractivity contribution in [1.29, 1.82) is 0 Å². The van der Waals surface area contributed by atoms with E-state index in [-0.39, 0.29) is 18.6 Å². The van der Waals surface area contributed by atoms with Gasteiger partial charge in [-0.1, -0.05) is 32.0 Å². The maximum Gasteiger partial charge on any atom is 0.323 e. The van der Waals surface area contributed by atoms with Gasteiger partial charge in [0.2, 0.25) is 5.91 Å². The lowest BCUT2D eigenvalue weighted by Gasteiger charge is -2.27. The highest BCUT2D eigenvalue weighted by Crippen LogP contribution is 2.14. The predicted molar refractivity (Wildman–Crippen MR) is 94.5 cm³/mol. The number of esters is 1. The van der Waals surface area contributed by atoms with Gasteiger partial charge < -0.3 is 10.5 Å². The number of benzene rings is 1. The van der Waals surface area contributed by atoms with Crippen LogP contribution in [0.25, 0.3) is 0 Å². The Morgan fingerprint density at radius 1 is 1.26 bits per heavy atom. The summed E-state index contributed by atoms with van der Waals surface area (Å²) >= 11 is 1.71. The van der Waals surface area contributed by atoms with Crippen molar-refractivity contribution in [2.45, 2.75) is 32.9 Å². The number of rotatable bonds is 10.